The number of benzene rings is 2. The molecule has 21 heavy (non-hydrogen) atoms. The van der Waals surface area contributed by atoms with Gasteiger partial charge in [-0.1, -0.05) is 22.0 Å². The zero-order valence-electron chi connectivity index (χ0n) is 11.0. The molecule has 0 saturated heterocycles. The van der Waals surface area contributed by atoms with Crippen LogP contribution in [0.25, 0.3) is 0 Å². The number of carboxylic acid groups (broad SMARTS) is 1. The third-order valence-electron chi connectivity index (χ3n) is 3.01. The molecule has 2 rings (SSSR count). The molecule has 2 aromatic carbocycles. The Bertz CT molecular complexity index is 691. The Morgan fingerprint density at radius 3 is 2.57 bits per heavy atom. The highest BCUT2D eigenvalue weighted by Crippen LogP contribution is 2.27. The van der Waals surface area contributed by atoms with Crippen molar-refractivity contribution >= 4 is 27.6 Å². The number of rotatable bonds is 4. The summed E-state index contributed by atoms with van der Waals surface area (Å²) in [4.78, 5) is 10.9. The van der Waals surface area contributed by atoms with Crippen LogP contribution in [0.5, 0.6) is 0 Å². The van der Waals surface area contributed by atoms with E-state index in [1.165, 1.54) is 24.3 Å². The smallest absolute Gasteiger partial charge is 0.338 e. The summed E-state index contributed by atoms with van der Waals surface area (Å²) in [5.74, 6) is -2.47. The van der Waals surface area contributed by atoms with Crippen molar-refractivity contribution in [2.24, 2.45) is 0 Å². The largest absolute Gasteiger partial charge is 0.478 e. The number of hydrogen-bond acceptors (Lipinski definition) is 2. The molecule has 0 spiro atoms. The van der Waals surface area contributed by atoms with E-state index in [9.17, 15) is 13.6 Å². The topological polar surface area (TPSA) is 49.3 Å². The minimum Gasteiger partial charge on any atom is -0.478 e. The van der Waals surface area contributed by atoms with Crippen LogP contribution in [0, 0.1) is 11.6 Å². The molecule has 3 nitrogen and oxygen atoms in total. The van der Waals surface area contributed by atoms with Gasteiger partial charge in [-0.3, -0.25) is 0 Å². The minimum atomic E-state index is -1.33. The summed E-state index contributed by atoms with van der Waals surface area (Å²) in [5, 5.41) is 12.0. The summed E-state index contributed by atoms with van der Waals surface area (Å²) in [6, 6.07) is 7.87. The molecule has 2 aromatic rings. The maximum atomic E-state index is 13.3. The number of anilines is 1. The lowest BCUT2D eigenvalue weighted by Crippen LogP contribution is -2.09. The third kappa shape index (κ3) is 3.58. The summed E-state index contributed by atoms with van der Waals surface area (Å²) in [6.45, 7) is 1.84. The second-order valence-electron chi connectivity index (χ2n) is 4.53. The quantitative estimate of drug-likeness (QED) is 0.842. The fraction of sp³-hybridized carbons (Fsp3) is 0.133. The number of hydrogen-bond donors (Lipinski definition) is 2. The monoisotopic (exact) mass is 355 g/mol. The molecular formula is C15H12BrF2NO2. The van der Waals surface area contributed by atoms with Gasteiger partial charge < -0.3 is 10.4 Å². The number of aromatic carboxylic acids is 1. The zero-order chi connectivity index (χ0) is 15.6. The van der Waals surface area contributed by atoms with Crippen LogP contribution >= 0.6 is 15.9 Å². The summed E-state index contributed by atoms with van der Waals surface area (Å²) < 4.78 is 27.0. The van der Waals surface area contributed by atoms with Crippen LogP contribution in [0.15, 0.2) is 40.9 Å². The van der Waals surface area contributed by atoms with Crippen molar-refractivity contribution in [1.82, 2.24) is 0 Å². The molecule has 0 bridgehead atoms. The number of nitrogens with one attached hydrogen (secondary N) is 1. The maximum Gasteiger partial charge on any atom is 0.338 e. The molecule has 1 unspecified atom stereocenters. The van der Waals surface area contributed by atoms with E-state index >= 15 is 0 Å². The van der Waals surface area contributed by atoms with Gasteiger partial charge in [0, 0.05) is 16.2 Å². The number of halogens is 3. The Morgan fingerprint density at radius 1 is 1.24 bits per heavy atom. The molecule has 6 heteroatoms. The first kappa shape index (κ1) is 15.4. The molecule has 0 heterocycles. The van der Waals surface area contributed by atoms with E-state index in [2.05, 4.69) is 21.2 Å². The van der Waals surface area contributed by atoms with E-state index in [-0.39, 0.29) is 11.9 Å². The van der Waals surface area contributed by atoms with E-state index in [1.54, 1.807) is 6.07 Å². The second-order valence-corrected chi connectivity index (χ2v) is 5.39. The van der Waals surface area contributed by atoms with Gasteiger partial charge in [-0.25, -0.2) is 13.6 Å². The van der Waals surface area contributed by atoms with Gasteiger partial charge in [0.05, 0.1) is 5.56 Å². The normalized spacial score (nSPS) is 12.0. The van der Waals surface area contributed by atoms with E-state index in [0.717, 1.165) is 11.6 Å². The molecule has 2 N–H and O–H groups in total. The van der Waals surface area contributed by atoms with Gasteiger partial charge >= 0.3 is 5.97 Å². The van der Waals surface area contributed by atoms with Gasteiger partial charge in [-0.15, -0.1) is 0 Å². The number of carbonyl (C=O) groups is 1. The van der Waals surface area contributed by atoms with E-state index in [4.69, 9.17) is 5.11 Å². The Kier molecular flexibility index (Phi) is 4.57. The van der Waals surface area contributed by atoms with Gasteiger partial charge in [0.1, 0.15) is 11.6 Å². The molecule has 0 aliphatic carbocycles. The highest BCUT2D eigenvalue weighted by molar-refractivity contribution is 9.10. The maximum absolute atomic E-state index is 13.3. The van der Waals surface area contributed by atoms with E-state index in [0.29, 0.717) is 10.2 Å². The van der Waals surface area contributed by atoms with Gasteiger partial charge in [-0.05, 0) is 42.8 Å². The van der Waals surface area contributed by atoms with Crippen molar-refractivity contribution in [2.75, 3.05) is 5.32 Å². The first-order valence-electron chi connectivity index (χ1n) is 6.13. The molecule has 0 amide bonds. The van der Waals surface area contributed by atoms with Crippen LogP contribution in [0.1, 0.15) is 28.9 Å². The Labute approximate surface area is 128 Å². The summed E-state index contributed by atoms with van der Waals surface area (Å²) >= 11 is 3.28. The standard InChI is InChI=1S/C15H12BrF2NO2/c1-8(11-4-2-9(17)6-13(11)16)19-10-3-5-14(18)12(7-10)15(20)21/h2-8,19H,1H3,(H,20,21). The van der Waals surface area contributed by atoms with Gasteiger partial charge in [0.2, 0.25) is 0 Å². The molecule has 110 valence electrons. The average Bonchev–Trinajstić information content (AvgIpc) is 2.40. The minimum absolute atomic E-state index is 0.216. The summed E-state index contributed by atoms with van der Waals surface area (Å²) in [5.41, 5.74) is 0.875. The Balaban J connectivity index is 2.25. The van der Waals surface area contributed by atoms with Crippen LogP contribution in [-0.2, 0) is 0 Å². The van der Waals surface area contributed by atoms with E-state index < -0.39 is 17.3 Å². The molecule has 0 radical (unpaired) electrons. The van der Waals surface area contributed by atoms with Crippen molar-refractivity contribution in [3.8, 4) is 0 Å². The molecule has 0 aliphatic heterocycles. The third-order valence-corrected chi connectivity index (χ3v) is 3.70. The molecule has 0 aliphatic rings. The fourth-order valence-electron chi connectivity index (χ4n) is 1.96. The van der Waals surface area contributed by atoms with Gasteiger partial charge in [-0.2, -0.15) is 0 Å². The summed E-state index contributed by atoms with van der Waals surface area (Å²) in [7, 11) is 0. The Hall–Kier alpha value is -1.95. The predicted octanol–water partition coefficient (Wildman–Crippen LogP) is 4.60. The van der Waals surface area contributed by atoms with Crippen molar-refractivity contribution in [3.63, 3.8) is 0 Å². The lowest BCUT2D eigenvalue weighted by molar-refractivity contribution is 0.0692. The molecule has 0 aromatic heterocycles. The Morgan fingerprint density at radius 2 is 1.95 bits per heavy atom. The van der Waals surface area contributed by atoms with Crippen molar-refractivity contribution in [2.45, 2.75) is 13.0 Å². The van der Waals surface area contributed by atoms with Crippen molar-refractivity contribution < 1.29 is 18.7 Å². The highest BCUT2D eigenvalue weighted by atomic mass is 79.9. The molecule has 0 saturated carbocycles. The average molecular weight is 356 g/mol. The van der Waals surface area contributed by atoms with Gasteiger partial charge in [0.15, 0.2) is 0 Å². The van der Waals surface area contributed by atoms with Crippen LogP contribution in [-0.4, -0.2) is 11.1 Å². The van der Waals surface area contributed by atoms with Gasteiger partial charge in [0.25, 0.3) is 0 Å². The fourth-order valence-corrected chi connectivity index (χ4v) is 2.65. The zero-order valence-corrected chi connectivity index (χ0v) is 12.6. The van der Waals surface area contributed by atoms with Crippen molar-refractivity contribution in [3.05, 3.63) is 63.6 Å². The number of carboxylic acids is 1. The highest BCUT2D eigenvalue weighted by Gasteiger charge is 2.14. The summed E-state index contributed by atoms with van der Waals surface area (Å²) in [6.07, 6.45) is 0. The molecule has 0 fully saturated rings. The van der Waals surface area contributed by atoms with Crippen molar-refractivity contribution in [1.29, 1.82) is 0 Å². The predicted molar refractivity (Wildman–Crippen MR) is 79.5 cm³/mol. The van der Waals surface area contributed by atoms with Crippen LogP contribution < -0.4 is 5.32 Å². The van der Waals surface area contributed by atoms with E-state index in [1.807, 2.05) is 6.92 Å². The second kappa shape index (κ2) is 6.22. The molecule has 1 atom stereocenters. The van der Waals surface area contributed by atoms with Crippen LogP contribution in [0.3, 0.4) is 0 Å². The van der Waals surface area contributed by atoms with Crippen LogP contribution in [0.2, 0.25) is 0 Å². The lowest BCUT2D eigenvalue weighted by Gasteiger charge is -2.17. The molecular weight excluding hydrogens is 344 g/mol. The van der Waals surface area contributed by atoms with Crippen LogP contribution in [0.4, 0.5) is 14.5 Å². The lowest BCUT2D eigenvalue weighted by atomic mass is 10.1. The SMILES string of the molecule is CC(Nc1ccc(F)c(C(=O)O)c1)c1ccc(F)cc1Br. The first-order chi connectivity index (χ1) is 9.88. The first-order valence-corrected chi connectivity index (χ1v) is 6.92.